The van der Waals surface area contributed by atoms with Crippen LogP contribution in [0.15, 0.2) is 42.5 Å². The molecule has 0 aromatic heterocycles. The van der Waals surface area contributed by atoms with Gasteiger partial charge in [-0.15, -0.1) is 0 Å². The Bertz CT molecular complexity index is 994. The molecule has 2 aromatic rings. The highest BCUT2D eigenvalue weighted by Gasteiger charge is 2.58. The van der Waals surface area contributed by atoms with Crippen molar-refractivity contribution in [2.75, 3.05) is 33.4 Å². The Morgan fingerprint density at radius 2 is 1.71 bits per heavy atom. The monoisotopic (exact) mass is 479 g/mol. The lowest BCUT2D eigenvalue weighted by atomic mass is 9.67. The van der Waals surface area contributed by atoms with Crippen LogP contribution in [0.2, 0.25) is 0 Å². The van der Waals surface area contributed by atoms with E-state index in [1.165, 1.54) is 19.2 Å². The van der Waals surface area contributed by atoms with E-state index >= 15 is 0 Å². The van der Waals surface area contributed by atoms with Crippen molar-refractivity contribution in [2.24, 2.45) is 11.3 Å². The molecule has 0 unspecified atom stereocenters. The van der Waals surface area contributed by atoms with Gasteiger partial charge in [-0.25, -0.2) is 9.18 Å². The first-order chi connectivity index (χ1) is 16.2. The Balaban J connectivity index is 1.26. The molecular formula is C26H29F4NO3. The van der Waals surface area contributed by atoms with Crippen molar-refractivity contribution in [1.82, 2.24) is 4.90 Å². The molecule has 2 aromatic carbocycles. The number of rotatable bonds is 7. The highest BCUT2D eigenvalue weighted by Crippen LogP contribution is 2.53. The van der Waals surface area contributed by atoms with Gasteiger partial charge in [0, 0.05) is 6.54 Å². The summed E-state index contributed by atoms with van der Waals surface area (Å²) < 4.78 is 65.0. The van der Waals surface area contributed by atoms with E-state index < -0.39 is 23.4 Å². The number of hydrogen-bond acceptors (Lipinski definition) is 4. The molecule has 2 aliphatic rings. The largest absolute Gasteiger partial charge is 0.493 e. The maximum Gasteiger partial charge on any atom is 0.395 e. The number of carbonyl (C=O) groups is 1. The first-order valence-electron chi connectivity index (χ1n) is 11.6. The van der Waals surface area contributed by atoms with E-state index in [1.54, 1.807) is 18.2 Å². The number of alkyl halides is 3. The fourth-order valence-electron chi connectivity index (χ4n) is 4.80. The van der Waals surface area contributed by atoms with Crippen LogP contribution in [0.1, 0.15) is 42.5 Å². The molecule has 0 amide bonds. The summed E-state index contributed by atoms with van der Waals surface area (Å²) in [5, 5.41) is 0. The second-order valence-corrected chi connectivity index (χ2v) is 9.37. The first kappa shape index (κ1) is 24.5. The minimum absolute atomic E-state index is 0.112. The summed E-state index contributed by atoms with van der Waals surface area (Å²) in [7, 11) is 1.20. The van der Waals surface area contributed by atoms with Crippen LogP contribution < -0.4 is 4.74 Å². The van der Waals surface area contributed by atoms with Crippen LogP contribution in [-0.4, -0.2) is 50.4 Å². The topological polar surface area (TPSA) is 38.8 Å². The molecule has 8 heteroatoms. The molecule has 1 aliphatic carbocycles. The predicted octanol–water partition coefficient (Wildman–Crippen LogP) is 6.10. The zero-order valence-electron chi connectivity index (χ0n) is 19.2. The summed E-state index contributed by atoms with van der Waals surface area (Å²) >= 11 is 0. The molecule has 1 saturated carbocycles. The fraction of sp³-hybridized carbons (Fsp3) is 0.500. The van der Waals surface area contributed by atoms with Crippen LogP contribution >= 0.6 is 0 Å². The number of likely N-dealkylation sites (tertiary alicyclic amines) is 1. The van der Waals surface area contributed by atoms with Crippen LogP contribution in [0.5, 0.6) is 5.75 Å². The van der Waals surface area contributed by atoms with Crippen molar-refractivity contribution in [2.45, 2.75) is 38.3 Å². The van der Waals surface area contributed by atoms with Gasteiger partial charge in [0.1, 0.15) is 11.6 Å². The number of methoxy groups -OCH3 is 1. The molecule has 1 saturated heterocycles. The third-order valence-electron chi connectivity index (χ3n) is 7.19. The molecule has 4 nitrogen and oxygen atoms in total. The van der Waals surface area contributed by atoms with Gasteiger partial charge in [-0.2, -0.15) is 13.2 Å². The Morgan fingerprint density at radius 3 is 2.24 bits per heavy atom. The van der Waals surface area contributed by atoms with Gasteiger partial charge in [0.25, 0.3) is 0 Å². The minimum atomic E-state index is -4.12. The molecular weight excluding hydrogens is 450 g/mol. The summed E-state index contributed by atoms with van der Waals surface area (Å²) in [4.78, 5) is 13.5. The SMILES string of the molecule is COC(=O)c1ccc(-c2ccc(OCC3CCN(CC4(C(F)(F)F)CCC4)CC3)cc2)cc1F. The number of carbonyl (C=O) groups excluding carboxylic acids is 1. The van der Waals surface area contributed by atoms with Crippen molar-refractivity contribution in [3.63, 3.8) is 0 Å². The molecule has 0 bridgehead atoms. The summed E-state index contributed by atoms with van der Waals surface area (Å²) in [6.07, 6.45) is -1.33. The predicted molar refractivity (Wildman–Crippen MR) is 120 cm³/mol. The lowest BCUT2D eigenvalue weighted by Gasteiger charge is -2.47. The molecule has 0 spiro atoms. The van der Waals surface area contributed by atoms with Gasteiger partial charge >= 0.3 is 12.1 Å². The number of hydrogen-bond donors (Lipinski definition) is 0. The van der Waals surface area contributed by atoms with Crippen LogP contribution in [0, 0.1) is 17.2 Å². The van der Waals surface area contributed by atoms with E-state index in [0.29, 0.717) is 43.3 Å². The van der Waals surface area contributed by atoms with Crippen LogP contribution in [-0.2, 0) is 4.74 Å². The number of ether oxygens (including phenoxy) is 2. The van der Waals surface area contributed by atoms with Crippen LogP contribution in [0.25, 0.3) is 11.1 Å². The molecule has 0 N–H and O–H groups in total. The highest BCUT2D eigenvalue weighted by molar-refractivity contribution is 5.90. The van der Waals surface area contributed by atoms with Crippen molar-refractivity contribution in [1.29, 1.82) is 0 Å². The Hall–Kier alpha value is -2.61. The van der Waals surface area contributed by atoms with Crippen molar-refractivity contribution in [3.8, 4) is 16.9 Å². The summed E-state index contributed by atoms with van der Waals surface area (Å²) in [6.45, 7) is 1.96. The maximum atomic E-state index is 14.2. The van der Waals surface area contributed by atoms with E-state index in [-0.39, 0.29) is 24.9 Å². The lowest BCUT2D eigenvalue weighted by molar-refractivity contribution is -0.256. The number of nitrogens with zero attached hydrogens (tertiary/aromatic N) is 1. The summed E-state index contributed by atoms with van der Waals surface area (Å²) in [5.41, 5.74) is -0.197. The van der Waals surface area contributed by atoms with Crippen LogP contribution in [0.3, 0.4) is 0 Å². The quantitative estimate of drug-likeness (QED) is 0.355. The smallest absolute Gasteiger partial charge is 0.395 e. The third-order valence-corrected chi connectivity index (χ3v) is 7.19. The molecule has 1 aliphatic heterocycles. The Kier molecular flexibility index (Phi) is 7.17. The number of benzene rings is 2. The average Bonchev–Trinajstić information content (AvgIpc) is 2.79. The molecule has 1 heterocycles. The van der Waals surface area contributed by atoms with Gasteiger partial charge in [0.2, 0.25) is 0 Å². The standard InChI is InChI=1S/C26H29F4NO3/c1-33-24(32)22-8-5-20(15-23(22)27)19-3-6-21(7-4-19)34-16-18-9-13-31(14-10-18)17-25(11-2-12-25)26(28,29)30/h3-8,15,18H,2,9-14,16-17H2,1H3. The molecule has 0 atom stereocenters. The number of halogens is 4. The van der Waals surface area contributed by atoms with Gasteiger partial charge in [-0.1, -0.05) is 24.6 Å². The molecule has 34 heavy (non-hydrogen) atoms. The van der Waals surface area contributed by atoms with Gasteiger partial charge < -0.3 is 14.4 Å². The van der Waals surface area contributed by atoms with Gasteiger partial charge in [-0.05, 0) is 80.1 Å². The fourth-order valence-corrected chi connectivity index (χ4v) is 4.80. The van der Waals surface area contributed by atoms with E-state index in [1.807, 2.05) is 17.0 Å². The lowest BCUT2D eigenvalue weighted by Crippen LogP contribution is -2.53. The van der Waals surface area contributed by atoms with Crippen molar-refractivity contribution in [3.05, 3.63) is 53.8 Å². The van der Waals surface area contributed by atoms with E-state index in [4.69, 9.17) is 4.74 Å². The molecule has 0 radical (unpaired) electrons. The zero-order valence-corrected chi connectivity index (χ0v) is 19.2. The Labute approximate surface area is 196 Å². The summed E-state index contributed by atoms with van der Waals surface area (Å²) in [5.74, 6) is -0.376. The number of esters is 1. The van der Waals surface area contributed by atoms with E-state index in [2.05, 4.69) is 4.74 Å². The summed E-state index contributed by atoms with van der Waals surface area (Å²) in [6, 6.07) is 11.6. The average molecular weight is 480 g/mol. The van der Waals surface area contributed by atoms with Gasteiger partial charge in [-0.3, -0.25) is 0 Å². The van der Waals surface area contributed by atoms with Gasteiger partial charge in [0.15, 0.2) is 0 Å². The first-order valence-corrected chi connectivity index (χ1v) is 11.6. The normalized spacial score (nSPS) is 18.9. The van der Waals surface area contributed by atoms with Gasteiger partial charge in [0.05, 0.1) is 24.7 Å². The van der Waals surface area contributed by atoms with Crippen LogP contribution in [0.4, 0.5) is 17.6 Å². The van der Waals surface area contributed by atoms with Crippen molar-refractivity contribution < 1.29 is 31.8 Å². The van der Waals surface area contributed by atoms with E-state index in [0.717, 1.165) is 18.4 Å². The molecule has 2 fully saturated rings. The molecule has 4 rings (SSSR count). The number of piperidine rings is 1. The minimum Gasteiger partial charge on any atom is -0.493 e. The highest BCUT2D eigenvalue weighted by atomic mass is 19.4. The second kappa shape index (κ2) is 9.94. The molecule has 184 valence electrons. The second-order valence-electron chi connectivity index (χ2n) is 9.37. The van der Waals surface area contributed by atoms with E-state index in [9.17, 15) is 22.4 Å². The third kappa shape index (κ3) is 5.22. The maximum absolute atomic E-state index is 14.2. The van der Waals surface area contributed by atoms with Crippen molar-refractivity contribution >= 4 is 5.97 Å². The Morgan fingerprint density at radius 1 is 1.06 bits per heavy atom. The zero-order chi connectivity index (χ0) is 24.3.